The van der Waals surface area contributed by atoms with Gasteiger partial charge in [0.05, 0.1) is 31.2 Å². The molecule has 1 aliphatic heterocycles. The molecule has 0 aromatic heterocycles. The summed E-state index contributed by atoms with van der Waals surface area (Å²) in [6.07, 6.45) is 0. The Kier molecular flexibility index (Phi) is 6.76. The van der Waals surface area contributed by atoms with Crippen LogP contribution in [0.3, 0.4) is 0 Å². The van der Waals surface area contributed by atoms with Gasteiger partial charge in [0.25, 0.3) is 17.7 Å². The van der Waals surface area contributed by atoms with Gasteiger partial charge in [-0.2, -0.15) is 0 Å². The van der Waals surface area contributed by atoms with Gasteiger partial charge in [-0.15, -0.1) is 0 Å². The van der Waals surface area contributed by atoms with Crippen LogP contribution in [0.25, 0.3) is 0 Å². The first-order valence-electron chi connectivity index (χ1n) is 8.50. The normalized spacial score (nSPS) is 13.8. The predicted octanol–water partition coefficient (Wildman–Crippen LogP) is 4.61. The highest BCUT2D eigenvalue weighted by Gasteiger charge is 2.45. The van der Waals surface area contributed by atoms with Gasteiger partial charge in [0.1, 0.15) is 11.9 Å². The van der Waals surface area contributed by atoms with E-state index in [4.69, 9.17) is 51.1 Å². The number of fused-ring (bicyclic) bond motifs is 1. The number of esters is 1. The summed E-state index contributed by atoms with van der Waals surface area (Å²) in [4.78, 5) is 50.4. The van der Waals surface area contributed by atoms with Crippen LogP contribution in [0.4, 0.5) is 10.1 Å². The van der Waals surface area contributed by atoms with E-state index in [-0.39, 0.29) is 36.9 Å². The monoisotopic (exact) mass is 506 g/mol. The number of nitrogens with zero attached hydrogens (tertiary/aromatic N) is 1. The van der Waals surface area contributed by atoms with Crippen LogP contribution in [0.1, 0.15) is 27.6 Å². The molecule has 0 radical (unpaired) electrons. The number of benzene rings is 2. The fraction of sp³-hybridized carbons (Fsp3) is 0.158. The Bertz CT molecular complexity index is 1080. The van der Waals surface area contributed by atoms with E-state index in [2.05, 4.69) is 5.32 Å². The quantitative estimate of drug-likeness (QED) is 0.276. The molecule has 3 rings (SSSR count). The molecule has 31 heavy (non-hydrogen) atoms. The molecule has 2 aromatic carbocycles. The lowest BCUT2D eigenvalue weighted by molar-refractivity contribution is -0.150. The first kappa shape index (κ1) is 23.3. The molecular formula is C19H11Cl4FN2O5. The molecule has 1 aliphatic rings. The number of carbonyl (C=O) groups excluding carboxylic acids is 4. The second-order valence-corrected chi connectivity index (χ2v) is 7.84. The molecule has 0 saturated heterocycles. The third kappa shape index (κ3) is 4.34. The zero-order valence-electron chi connectivity index (χ0n) is 15.5. The van der Waals surface area contributed by atoms with E-state index in [1.54, 1.807) is 0 Å². The molecule has 0 aliphatic carbocycles. The number of hydrogen-bond acceptors (Lipinski definition) is 5. The van der Waals surface area contributed by atoms with Gasteiger partial charge in [-0.1, -0.05) is 46.4 Å². The number of rotatable bonds is 5. The van der Waals surface area contributed by atoms with Gasteiger partial charge in [0, 0.05) is 5.69 Å². The average molecular weight is 508 g/mol. The van der Waals surface area contributed by atoms with Crippen molar-refractivity contribution in [3.8, 4) is 0 Å². The van der Waals surface area contributed by atoms with E-state index < -0.39 is 42.2 Å². The second kappa shape index (κ2) is 9.00. The minimum absolute atomic E-state index is 0.206. The van der Waals surface area contributed by atoms with Crippen molar-refractivity contribution in [2.75, 3.05) is 11.9 Å². The van der Waals surface area contributed by atoms with Crippen LogP contribution in [0, 0.1) is 5.82 Å². The van der Waals surface area contributed by atoms with Gasteiger partial charge < -0.3 is 10.1 Å². The summed E-state index contributed by atoms with van der Waals surface area (Å²) in [6.45, 7) is 0.524. The maximum atomic E-state index is 12.9. The van der Waals surface area contributed by atoms with Gasteiger partial charge in [-0.3, -0.25) is 19.3 Å². The zero-order valence-corrected chi connectivity index (χ0v) is 18.5. The summed E-state index contributed by atoms with van der Waals surface area (Å²) in [6, 6.07) is 3.51. The Morgan fingerprint density at radius 2 is 1.45 bits per heavy atom. The Morgan fingerprint density at radius 1 is 0.968 bits per heavy atom. The summed E-state index contributed by atoms with van der Waals surface area (Å²) in [7, 11) is 0. The van der Waals surface area contributed by atoms with Crippen LogP contribution < -0.4 is 5.32 Å². The molecule has 1 N–H and O–H groups in total. The van der Waals surface area contributed by atoms with Crippen molar-refractivity contribution in [2.45, 2.75) is 13.0 Å². The Hall–Kier alpha value is -2.39. The molecule has 0 spiro atoms. The topological polar surface area (TPSA) is 92.8 Å². The number of hydrogen-bond donors (Lipinski definition) is 1. The second-order valence-electron chi connectivity index (χ2n) is 6.32. The highest BCUT2D eigenvalue weighted by Crippen LogP contribution is 2.45. The van der Waals surface area contributed by atoms with Crippen LogP contribution in [0.5, 0.6) is 0 Å². The molecule has 0 fully saturated rings. The smallest absolute Gasteiger partial charge is 0.329 e. The molecule has 0 bridgehead atoms. The van der Waals surface area contributed by atoms with E-state index in [1.165, 1.54) is 19.1 Å². The van der Waals surface area contributed by atoms with Crippen LogP contribution in [0.2, 0.25) is 20.1 Å². The Labute approximate surface area is 194 Å². The molecular weight excluding hydrogens is 497 g/mol. The van der Waals surface area contributed by atoms with E-state index in [0.29, 0.717) is 4.90 Å². The minimum atomic E-state index is -1.41. The minimum Gasteiger partial charge on any atom is -0.454 e. The number of carbonyl (C=O) groups is 4. The Morgan fingerprint density at radius 3 is 1.94 bits per heavy atom. The number of anilines is 1. The molecule has 1 atom stereocenters. The van der Waals surface area contributed by atoms with Crippen LogP contribution in [-0.4, -0.2) is 41.2 Å². The lowest BCUT2D eigenvalue weighted by Crippen LogP contribution is -2.44. The number of halogens is 5. The third-order valence-electron chi connectivity index (χ3n) is 4.33. The lowest BCUT2D eigenvalue weighted by atomic mass is 10.1. The molecule has 12 heteroatoms. The summed E-state index contributed by atoms with van der Waals surface area (Å²) >= 11 is 24.0. The number of amides is 3. The number of ether oxygens (including phenoxy) is 1. The first-order chi connectivity index (χ1) is 14.5. The Balaban J connectivity index is 1.71. The fourth-order valence-electron chi connectivity index (χ4n) is 2.81. The third-order valence-corrected chi connectivity index (χ3v) is 6.14. The van der Waals surface area contributed by atoms with E-state index in [1.807, 2.05) is 0 Å². The van der Waals surface area contributed by atoms with Crippen LogP contribution >= 0.6 is 46.4 Å². The first-order valence-corrected chi connectivity index (χ1v) is 10.0. The maximum Gasteiger partial charge on any atom is 0.329 e. The molecule has 7 nitrogen and oxygen atoms in total. The molecule has 0 unspecified atom stereocenters. The van der Waals surface area contributed by atoms with Crippen molar-refractivity contribution < 1.29 is 28.3 Å². The zero-order chi connectivity index (χ0) is 23.0. The fourth-order valence-corrected chi connectivity index (χ4v) is 3.83. The summed E-state index contributed by atoms with van der Waals surface area (Å²) in [5.74, 6) is -4.05. The maximum absolute atomic E-state index is 12.9. The van der Waals surface area contributed by atoms with Gasteiger partial charge in [0.2, 0.25) is 0 Å². The van der Waals surface area contributed by atoms with Crippen molar-refractivity contribution in [3.05, 3.63) is 61.3 Å². The largest absolute Gasteiger partial charge is 0.454 e. The summed E-state index contributed by atoms with van der Waals surface area (Å²) < 4.78 is 17.8. The van der Waals surface area contributed by atoms with Gasteiger partial charge in [-0.25, -0.2) is 9.18 Å². The van der Waals surface area contributed by atoms with Crippen molar-refractivity contribution in [1.82, 2.24) is 4.90 Å². The standard InChI is InChI=1S/C19H11Cl4FN2O5/c1-7(19(30)31-6-10(27)25-9-4-2-8(24)3-5-9)26-17(28)11-12(18(26)29)14(21)16(23)15(22)13(11)20/h2-5,7H,6H2,1H3,(H,25,27)/t7-/m1/s1. The van der Waals surface area contributed by atoms with Crippen LogP contribution in [0.15, 0.2) is 24.3 Å². The van der Waals surface area contributed by atoms with E-state index in [9.17, 15) is 23.6 Å². The highest BCUT2D eigenvalue weighted by atomic mass is 35.5. The highest BCUT2D eigenvalue weighted by molar-refractivity contribution is 6.55. The van der Waals surface area contributed by atoms with Gasteiger partial charge in [-0.05, 0) is 31.2 Å². The van der Waals surface area contributed by atoms with Gasteiger partial charge >= 0.3 is 5.97 Å². The SMILES string of the molecule is C[C@H](C(=O)OCC(=O)Nc1ccc(F)cc1)N1C(=O)c2c(Cl)c(Cl)c(Cl)c(Cl)c2C1=O. The lowest BCUT2D eigenvalue weighted by Gasteiger charge is -2.20. The van der Waals surface area contributed by atoms with Crippen molar-refractivity contribution >= 4 is 75.8 Å². The summed E-state index contributed by atoms with van der Waals surface area (Å²) in [5, 5.41) is 1.44. The summed E-state index contributed by atoms with van der Waals surface area (Å²) in [5.41, 5.74) is -0.270. The average Bonchev–Trinajstić information content (AvgIpc) is 3.00. The molecule has 1 heterocycles. The van der Waals surface area contributed by atoms with E-state index in [0.717, 1.165) is 12.1 Å². The number of nitrogens with one attached hydrogen (secondary N) is 1. The van der Waals surface area contributed by atoms with Crippen molar-refractivity contribution in [1.29, 1.82) is 0 Å². The van der Waals surface area contributed by atoms with Crippen molar-refractivity contribution in [2.24, 2.45) is 0 Å². The molecule has 2 aromatic rings. The number of imide groups is 1. The van der Waals surface area contributed by atoms with E-state index >= 15 is 0 Å². The van der Waals surface area contributed by atoms with Gasteiger partial charge in [0.15, 0.2) is 6.61 Å². The molecule has 162 valence electrons. The van der Waals surface area contributed by atoms with Crippen molar-refractivity contribution in [3.63, 3.8) is 0 Å². The van der Waals surface area contributed by atoms with Crippen LogP contribution in [-0.2, 0) is 14.3 Å². The molecule has 0 saturated carbocycles. The molecule has 3 amide bonds. The predicted molar refractivity (Wildman–Crippen MR) is 112 cm³/mol.